The van der Waals surface area contributed by atoms with Crippen molar-refractivity contribution in [3.63, 3.8) is 0 Å². The lowest BCUT2D eigenvalue weighted by Gasteiger charge is -2.34. The molecule has 1 aromatic carbocycles. The van der Waals surface area contributed by atoms with Crippen LogP contribution in [0.25, 0.3) is 0 Å². The van der Waals surface area contributed by atoms with E-state index < -0.39 is 11.7 Å². The smallest absolute Gasteiger partial charge is 0.392 e. The molecule has 1 saturated heterocycles. The molecular weight excluding hydrogens is 299 g/mol. The summed E-state index contributed by atoms with van der Waals surface area (Å²) in [4.78, 5) is 4.90. The van der Waals surface area contributed by atoms with Crippen molar-refractivity contribution >= 4 is 17.2 Å². The predicted molar refractivity (Wildman–Crippen MR) is 79.9 cm³/mol. The van der Waals surface area contributed by atoms with Gasteiger partial charge in [-0.15, -0.1) is 0 Å². The van der Waals surface area contributed by atoms with Crippen LogP contribution in [-0.2, 0) is 12.7 Å². The van der Waals surface area contributed by atoms with Crippen molar-refractivity contribution in [1.82, 2.24) is 9.80 Å². The fraction of sp³-hybridized carbons (Fsp3) is 0.500. The van der Waals surface area contributed by atoms with E-state index in [0.29, 0.717) is 18.1 Å². The standard InChI is InChI=1S/C14H18F3N3S/c15-14(16,17)12-3-1-11(2-4-12)9-19-5-7-20(8-6-19)10-13(18)21/h1-4H,5-10H2,(H2,18,21). The van der Waals surface area contributed by atoms with E-state index in [1.165, 1.54) is 0 Å². The van der Waals surface area contributed by atoms with Crippen molar-refractivity contribution in [3.05, 3.63) is 35.4 Å². The molecule has 0 unspecified atom stereocenters. The minimum absolute atomic E-state index is 0.492. The third kappa shape index (κ3) is 4.94. The molecular formula is C14H18F3N3S. The Morgan fingerprint density at radius 1 is 1.05 bits per heavy atom. The number of benzene rings is 1. The number of hydrogen-bond acceptors (Lipinski definition) is 3. The van der Waals surface area contributed by atoms with Crippen LogP contribution in [-0.4, -0.2) is 47.5 Å². The van der Waals surface area contributed by atoms with Gasteiger partial charge in [0, 0.05) is 39.3 Å². The molecule has 21 heavy (non-hydrogen) atoms. The average Bonchev–Trinajstić information content (AvgIpc) is 2.40. The van der Waals surface area contributed by atoms with Gasteiger partial charge in [0.05, 0.1) is 10.6 Å². The van der Waals surface area contributed by atoms with Crippen LogP contribution in [0.2, 0.25) is 0 Å². The van der Waals surface area contributed by atoms with Crippen molar-refractivity contribution < 1.29 is 13.2 Å². The fourth-order valence-electron chi connectivity index (χ4n) is 2.38. The Morgan fingerprint density at radius 2 is 1.57 bits per heavy atom. The molecule has 3 nitrogen and oxygen atoms in total. The maximum absolute atomic E-state index is 12.5. The van der Waals surface area contributed by atoms with E-state index in [4.69, 9.17) is 18.0 Å². The summed E-state index contributed by atoms with van der Waals surface area (Å²) in [5.41, 5.74) is 5.81. The van der Waals surface area contributed by atoms with E-state index in [1.54, 1.807) is 12.1 Å². The van der Waals surface area contributed by atoms with Gasteiger partial charge in [0.1, 0.15) is 0 Å². The summed E-state index contributed by atoms with van der Waals surface area (Å²) in [6, 6.07) is 5.37. The molecule has 0 aliphatic carbocycles. The molecule has 1 fully saturated rings. The molecule has 7 heteroatoms. The Bertz CT molecular complexity index is 479. The monoisotopic (exact) mass is 317 g/mol. The van der Waals surface area contributed by atoms with Crippen LogP contribution in [0.5, 0.6) is 0 Å². The Balaban J connectivity index is 1.85. The van der Waals surface area contributed by atoms with Crippen LogP contribution in [0.1, 0.15) is 11.1 Å². The first-order valence-corrected chi connectivity index (χ1v) is 7.14. The van der Waals surface area contributed by atoms with Crippen molar-refractivity contribution in [1.29, 1.82) is 0 Å². The Hall–Kier alpha value is -1.18. The molecule has 0 radical (unpaired) electrons. The number of piperazine rings is 1. The van der Waals surface area contributed by atoms with Crippen LogP contribution in [0.3, 0.4) is 0 Å². The van der Waals surface area contributed by atoms with Gasteiger partial charge in [-0.25, -0.2) is 0 Å². The van der Waals surface area contributed by atoms with Crippen LogP contribution >= 0.6 is 12.2 Å². The highest BCUT2D eigenvalue weighted by molar-refractivity contribution is 7.80. The quantitative estimate of drug-likeness (QED) is 0.862. The fourth-order valence-corrected chi connectivity index (χ4v) is 2.57. The maximum atomic E-state index is 12.5. The minimum atomic E-state index is -4.27. The predicted octanol–water partition coefficient (Wildman–Crippen LogP) is 2.11. The van der Waals surface area contributed by atoms with Crippen LogP contribution in [0.15, 0.2) is 24.3 Å². The molecule has 1 heterocycles. The molecule has 0 saturated carbocycles. The topological polar surface area (TPSA) is 32.5 Å². The van der Waals surface area contributed by atoms with E-state index in [-0.39, 0.29) is 0 Å². The number of rotatable bonds is 4. The van der Waals surface area contributed by atoms with Crippen molar-refractivity contribution in [2.75, 3.05) is 32.7 Å². The van der Waals surface area contributed by atoms with Gasteiger partial charge in [0.15, 0.2) is 0 Å². The normalized spacial score (nSPS) is 17.9. The lowest BCUT2D eigenvalue weighted by Crippen LogP contribution is -2.48. The molecule has 1 aliphatic rings. The lowest BCUT2D eigenvalue weighted by atomic mass is 10.1. The minimum Gasteiger partial charge on any atom is -0.392 e. The molecule has 0 aromatic heterocycles. The second-order valence-corrected chi connectivity index (χ2v) is 5.74. The van der Waals surface area contributed by atoms with Gasteiger partial charge in [0.2, 0.25) is 0 Å². The first kappa shape index (κ1) is 16.2. The highest BCUT2D eigenvalue weighted by Gasteiger charge is 2.30. The van der Waals surface area contributed by atoms with Gasteiger partial charge >= 0.3 is 6.18 Å². The summed E-state index contributed by atoms with van der Waals surface area (Å²) >= 11 is 4.88. The molecule has 116 valence electrons. The second kappa shape index (κ2) is 6.72. The van der Waals surface area contributed by atoms with Crippen LogP contribution in [0, 0.1) is 0 Å². The molecule has 2 rings (SSSR count). The highest BCUT2D eigenvalue weighted by Crippen LogP contribution is 2.29. The third-order valence-corrected chi connectivity index (χ3v) is 3.66. The highest BCUT2D eigenvalue weighted by atomic mass is 32.1. The zero-order valence-electron chi connectivity index (χ0n) is 11.6. The summed E-state index contributed by atoms with van der Waals surface area (Å²) in [6.45, 7) is 4.77. The van der Waals surface area contributed by atoms with E-state index in [1.807, 2.05) is 0 Å². The molecule has 1 aliphatic heterocycles. The largest absolute Gasteiger partial charge is 0.416 e. The van der Waals surface area contributed by atoms with Crippen molar-refractivity contribution in [2.45, 2.75) is 12.7 Å². The Labute approximate surface area is 127 Å². The first-order chi connectivity index (χ1) is 9.84. The van der Waals surface area contributed by atoms with Crippen LogP contribution in [0.4, 0.5) is 13.2 Å². The molecule has 0 spiro atoms. The van der Waals surface area contributed by atoms with Crippen LogP contribution < -0.4 is 5.73 Å². The van der Waals surface area contributed by atoms with Gasteiger partial charge in [-0.3, -0.25) is 9.80 Å². The third-order valence-electron chi connectivity index (χ3n) is 3.53. The number of thiocarbonyl (C=S) groups is 1. The zero-order chi connectivity index (χ0) is 15.5. The SMILES string of the molecule is NC(=S)CN1CCN(Cc2ccc(C(F)(F)F)cc2)CC1. The molecule has 0 amide bonds. The molecule has 0 atom stereocenters. The number of hydrogen-bond donors (Lipinski definition) is 1. The van der Waals surface area contributed by atoms with Crippen molar-refractivity contribution in [2.24, 2.45) is 5.73 Å². The van der Waals surface area contributed by atoms with Gasteiger partial charge < -0.3 is 5.73 Å². The van der Waals surface area contributed by atoms with Gasteiger partial charge in [-0.05, 0) is 17.7 Å². The summed E-state index contributed by atoms with van der Waals surface area (Å²) in [6.07, 6.45) is -4.27. The number of nitrogens with zero attached hydrogens (tertiary/aromatic N) is 2. The number of halogens is 3. The van der Waals surface area contributed by atoms with E-state index in [9.17, 15) is 13.2 Å². The summed E-state index contributed by atoms with van der Waals surface area (Å²) in [5.74, 6) is 0. The summed E-state index contributed by atoms with van der Waals surface area (Å²) < 4.78 is 37.5. The summed E-state index contributed by atoms with van der Waals surface area (Å²) in [5, 5.41) is 0. The molecule has 0 bridgehead atoms. The summed E-state index contributed by atoms with van der Waals surface area (Å²) in [7, 11) is 0. The zero-order valence-corrected chi connectivity index (χ0v) is 12.4. The first-order valence-electron chi connectivity index (χ1n) is 6.74. The van der Waals surface area contributed by atoms with E-state index in [0.717, 1.165) is 43.9 Å². The molecule has 1 aromatic rings. The van der Waals surface area contributed by atoms with E-state index in [2.05, 4.69) is 9.80 Å². The number of alkyl halides is 3. The Morgan fingerprint density at radius 3 is 2.05 bits per heavy atom. The lowest BCUT2D eigenvalue weighted by molar-refractivity contribution is -0.137. The van der Waals surface area contributed by atoms with Gasteiger partial charge in [0.25, 0.3) is 0 Å². The van der Waals surface area contributed by atoms with Gasteiger partial charge in [-0.2, -0.15) is 13.2 Å². The molecule has 2 N–H and O–H groups in total. The Kier molecular flexibility index (Phi) is 5.18. The van der Waals surface area contributed by atoms with E-state index >= 15 is 0 Å². The average molecular weight is 317 g/mol. The maximum Gasteiger partial charge on any atom is 0.416 e. The second-order valence-electron chi connectivity index (χ2n) is 5.21. The van der Waals surface area contributed by atoms with Gasteiger partial charge in [-0.1, -0.05) is 24.4 Å². The number of nitrogens with two attached hydrogens (primary N) is 1. The van der Waals surface area contributed by atoms with Crippen molar-refractivity contribution in [3.8, 4) is 0 Å².